The molecule has 0 saturated carbocycles. The molecule has 0 atom stereocenters. The van der Waals surface area contributed by atoms with Crippen LogP contribution in [-0.4, -0.2) is 12.1 Å². The Morgan fingerprint density at radius 1 is 0.706 bits per heavy atom. The Morgan fingerprint density at radius 2 is 1.18 bits per heavy atom. The van der Waals surface area contributed by atoms with Gasteiger partial charge in [0.25, 0.3) is 0 Å². The third-order valence-corrected chi connectivity index (χ3v) is 8.97. The van der Waals surface area contributed by atoms with Crippen molar-refractivity contribution in [3.63, 3.8) is 0 Å². The third-order valence-electron chi connectivity index (χ3n) is 5.97. The first-order valence-electron chi connectivity index (χ1n) is 11.6. The lowest BCUT2D eigenvalue weighted by atomic mass is 9.99. The van der Waals surface area contributed by atoms with E-state index < -0.39 is 7.14 Å². The molecule has 0 aliphatic heterocycles. The van der Waals surface area contributed by atoms with E-state index in [-0.39, 0.29) is 18.0 Å². The van der Waals surface area contributed by atoms with Crippen LogP contribution in [0.25, 0.3) is 0 Å². The van der Waals surface area contributed by atoms with Crippen LogP contribution in [0.2, 0.25) is 0 Å². The molecule has 0 saturated heterocycles. The molecule has 34 heavy (non-hydrogen) atoms. The van der Waals surface area contributed by atoms with Crippen molar-refractivity contribution in [1.29, 1.82) is 0 Å². The third kappa shape index (κ3) is 5.21. The summed E-state index contributed by atoms with van der Waals surface area (Å²) < 4.78 is 14.9. The summed E-state index contributed by atoms with van der Waals surface area (Å²) in [7, 11) is -3.04. The van der Waals surface area contributed by atoms with Gasteiger partial charge in [0.05, 0.1) is 6.29 Å². The summed E-state index contributed by atoms with van der Waals surface area (Å²) in [5.41, 5.74) is 2.58. The fourth-order valence-electron chi connectivity index (χ4n) is 4.17. The summed E-state index contributed by atoms with van der Waals surface area (Å²) in [5.74, 6) is -0.0438. The van der Waals surface area contributed by atoms with Crippen LogP contribution in [0.5, 0.6) is 0 Å². The molecule has 0 heterocycles. The predicted molar refractivity (Wildman–Crippen MR) is 143 cm³/mol. The number of ketones is 1. The van der Waals surface area contributed by atoms with Gasteiger partial charge in [-0.05, 0) is 17.7 Å². The molecule has 0 amide bonds. The van der Waals surface area contributed by atoms with Crippen molar-refractivity contribution in [3.05, 3.63) is 126 Å². The Balaban J connectivity index is 1.86. The molecule has 0 spiro atoms. The highest BCUT2D eigenvalue weighted by Gasteiger charge is 2.31. The molecule has 4 rings (SSSR count). The van der Waals surface area contributed by atoms with E-state index in [1.165, 1.54) is 0 Å². The number of Topliss-reactive ketones (excluding diaryl/α,β-unsaturated/α-hetero) is 1. The Kier molecular flexibility index (Phi) is 7.45. The smallest absolute Gasteiger partial charge is 0.167 e. The maximum Gasteiger partial charge on any atom is 0.167 e. The summed E-state index contributed by atoms with van der Waals surface area (Å²) in [6.45, 7) is 4.38. The molecule has 4 heteroatoms. The zero-order valence-corrected chi connectivity index (χ0v) is 20.6. The largest absolute Gasteiger partial charge is 0.359 e. The molecule has 4 aromatic rings. The van der Waals surface area contributed by atoms with Crippen LogP contribution in [0.15, 0.2) is 115 Å². The van der Waals surface area contributed by atoms with Gasteiger partial charge in [-0.2, -0.15) is 0 Å². The first-order valence-corrected chi connectivity index (χ1v) is 13.5. The minimum atomic E-state index is -3.04. The van der Waals surface area contributed by atoms with E-state index in [0.29, 0.717) is 12.1 Å². The van der Waals surface area contributed by atoms with E-state index in [1.54, 1.807) is 0 Å². The molecule has 3 nitrogen and oxygen atoms in total. The van der Waals surface area contributed by atoms with Crippen molar-refractivity contribution in [2.45, 2.75) is 20.4 Å². The van der Waals surface area contributed by atoms with Gasteiger partial charge in [-0.3, -0.25) is 4.79 Å². The molecule has 0 N–H and O–H groups in total. The number of para-hydroxylation sites is 1. The summed E-state index contributed by atoms with van der Waals surface area (Å²) >= 11 is 0. The van der Waals surface area contributed by atoms with Crippen molar-refractivity contribution < 1.29 is 9.36 Å². The van der Waals surface area contributed by atoms with E-state index in [4.69, 9.17) is 0 Å². The van der Waals surface area contributed by atoms with Crippen molar-refractivity contribution >= 4 is 29.2 Å². The van der Waals surface area contributed by atoms with Gasteiger partial charge in [-0.15, -0.1) is 0 Å². The highest BCUT2D eigenvalue weighted by molar-refractivity contribution is 7.78. The maximum atomic E-state index is 14.9. The fourth-order valence-corrected chi connectivity index (χ4v) is 6.84. The topological polar surface area (TPSA) is 37.4 Å². The van der Waals surface area contributed by atoms with Gasteiger partial charge in [-0.1, -0.05) is 117 Å². The van der Waals surface area contributed by atoms with E-state index in [0.717, 1.165) is 21.9 Å². The van der Waals surface area contributed by atoms with Gasteiger partial charge in [0.2, 0.25) is 0 Å². The zero-order valence-electron chi connectivity index (χ0n) is 19.7. The lowest BCUT2D eigenvalue weighted by molar-refractivity contribution is 0.0940. The van der Waals surface area contributed by atoms with E-state index in [1.807, 2.05) is 117 Å². The van der Waals surface area contributed by atoms with Gasteiger partial charge in [0, 0.05) is 34.3 Å². The normalized spacial score (nSPS) is 11.4. The number of rotatable bonds is 9. The highest BCUT2D eigenvalue weighted by Crippen LogP contribution is 2.45. The molecule has 0 radical (unpaired) electrons. The van der Waals surface area contributed by atoms with Crippen molar-refractivity contribution in [2.75, 3.05) is 11.2 Å². The summed E-state index contributed by atoms with van der Waals surface area (Å²) in [5, 5.41) is 1.62. The Bertz CT molecular complexity index is 1230. The Morgan fingerprint density at radius 3 is 1.71 bits per heavy atom. The van der Waals surface area contributed by atoms with Crippen molar-refractivity contribution in [1.82, 2.24) is 0 Å². The predicted octanol–water partition coefficient (Wildman–Crippen LogP) is 6.50. The van der Waals surface area contributed by atoms with Crippen LogP contribution in [0, 0.1) is 5.92 Å². The van der Waals surface area contributed by atoms with Crippen LogP contribution in [0.1, 0.15) is 29.8 Å². The lowest BCUT2D eigenvalue weighted by Crippen LogP contribution is -2.32. The molecule has 172 valence electrons. The monoisotopic (exact) mass is 467 g/mol. The fraction of sp³-hybridized carbons (Fsp3) is 0.167. The number of anilines is 1. The zero-order chi connectivity index (χ0) is 24.0. The molecule has 0 unspecified atom stereocenters. The van der Waals surface area contributed by atoms with Crippen molar-refractivity contribution in [2.24, 2.45) is 5.92 Å². The number of benzene rings is 4. The van der Waals surface area contributed by atoms with E-state index in [9.17, 15) is 9.36 Å². The summed E-state index contributed by atoms with van der Waals surface area (Å²) in [4.78, 5) is 15.2. The van der Waals surface area contributed by atoms with Crippen molar-refractivity contribution in [3.8, 4) is 0 Å². The number of hydrogen-bond acceptors (Lipinski definition) is 3. The van der Waals surface area contributed by atoms with Crippen LogP contribution >= 0.6 is 7.14 Å². The highest BCUT2D eigenvalue weighted by atomic mass is 31.2. The van der Waals surface area contributed by atoms with Gasteiger partial charge < -0.3 is 9.46 Å². The van der Waals surface area contributed by atoms with E-state index in [2.05, 4.69) is 17.0 Å². The second kappa shape index (κ2) is 10.7. The first-order chi connectivity index (χ1) is 16.5. The van der Waals surface area contributed by atoms with Crippen LogP contribution in [-0.2, 0) is 11.1 Å². The average molecular weight is 468 g/mol. The number of nitrogens with zero attached hydrogens (tertiary/aromatic N) is 1. The van der Waals surface area contributed by atoms with Crippen LogP contribution in [0.3, 0.4) is 0 Å². The molecule has 0 aliphatic carbocycles. The minimum absolute atomic E-state index is 0.0860. The Hall–Kier alpha value is -3.42. The first kappa shape index (κ1) is 23.7. The quantitative estimate of drug-likeness (QED) is 0.208. The standard InChI is InChI=1S/C30H30NO2P/c1-24(2)30(32)28-20-12-13-21-29(28)31(22-25-14-6-3-7-15-25)23-34(33,26-16-8-4-9-17-26)27-18-10-5-11-19-27/h3-21,24H,22-23H2,1-2H3. The molecule has 4 aromatic carbocycles. The number of hydrogen-bond donors (Lipinski definition) is 0. The van der Waals surface area contributed by atoms with Gasteiger partial charge in [0.15, 0.2) is 12.9 Å². The SMILES string of the molecule is CC(C)C(=O)c1ccccc1N(Cc1ccccc1)CP(=O)(c1ccccc1)c1ccccc1. The van der Waals surface area contributed by atoms with Crippen LogP contribution < -0.4 is 15.5 Å². The van der Waals surface area contributed by atoms with Gasteiger partial charge >= 0.3 is 0 Å². The molecular formula is C30H30NO2P. The number of carbonyl (C=O) groups excluding carboxylic acids is 1. The summed E-state index contributed by atoms with van der Waals surface area (Å²) in [6.07, 6.45) is 0.290. The molecule has 0 aliphatic rings. The minimum Gasteiger partial charge on any atom is -0.359 e. The average Bonchev–Trinajstić information content (AvgIpc) is 2.89. The molecular weight excluding hydrogens is 437 g/mol. The number of carbonyl (C=O) groups is 1. The Labute approximate surface area is 202 Å². The second-order valence-electron chi connectivity index (χ2n) is 8.77. The molecule has 0 aromatic heterocycles. The molecule has 0 fully saturated rings. The second-order valence-corrected chi connectivity index (χ2v) is 11.6. The maximum absolute atomic E-state index is 14.9. The van der Waals surface area contributed by atoms with Crippen LogP contribution in [0.4, 0.5) is 5.69 Å². The molecule has 0 bridgehead atoms. The van der Waals surface area contributed by atoms with Gasteiger partial charge in [0.1, 0.15) is 0 Å². The van der Waals surface area contributed by atoms with Gasteiger partial charge in [-0.25, -0.2) is 0 Å². The lowest BCUT2D eigenvalue weighted by Gasteiger charge is -2.32. The summed E-state index contributed by atoms with van der Waals surface area (Å²) in [6, 6.07) is 37.2. The van der Waals surface area contributed by atoms with E-state index >= 15 is 0 Å².